The van der Waals surface area contributed by atoms with E-state index in [2.05, 4.69) is 0 Å². The maximum Gasteiger partial charge on any atom is 0.0716 e. The summed E-state index contributed by atoms with van der Waals surface area (Å²) in [5, 5.41) is 0. The lowest BCUT2D eigenvalue weighted by Gasteiger charge is -2.00. The molecule has 4 heteroatoms. The molecule has 0 saturated heterocycles. The molecular weight excluding hydrogens is 214 g/mol. The van der Waals surface area contributed by atoms with Gasteiger partial charge in [0.05, 0.1) is 15.0 Å². The second-order valence-electron chi connectivity index (χ2n) is 2.79. The molecular formula is C10H13NOS2. The van der Waals surface area contributed by atoms with Crippen molar-refractivity contribution in [3.8, 4) is 0 Å². The highest BCUT2D eigenvalue weighted by atomic mass is 32.2. The number of benzene rings is 1. The first-order valence-corrected chi connectivity index (χ1v) is 6.86. The third kappa shape index (κ3) is 3.20. The standard InChI is InChI=1S/C10H13NOS2/c1-13-10(14(2)12)7-8-3-5-9(11)6-4-8/h3-7H,11H2,1-2H3/b10-7+. The third-order valence-corrected chi connectivity index (χ3v) is 4.11. The minimum atomic E-state index is -0.916. The molecule has 0 spiro atoms. The number of anilines is 1. The summed E-state index contributed by atoms with van der Waals surface area (Å²) in [5.41, 5.74) is 7.33. The Hall–Kier alpha value is -0.740. The summed E-state index contributed by atoms with van der Waals surface area (Å²) in [6.07, 6.45) is 5.52. The van der Waals surface area contributed by atoms with E-state index >= 15 is 0 Å². The summed E-state index contributed by atoms with van der Waals surface area (Å²) in [7, 11) is -0.916. The molecule has 0 heterocycles. The van der Waals surface area contributed by atoms with Crippen molar-refractivity contribution in [1.82, 2.24) is 0 Å². The lowest BCUT2D eigenvalue weighted by Crippen LogP contribution is -1.87. The van der Waals surface area contributed by atoms with Gasteiger partial charge in [0, 0.05) is 11.9 Å². The summed E-state index contributed by atoms with van der Waals surface area (Å²) >= 11 is 1.51. The predicted molar refractivity (Wildman–Crippen MR) is 66.4 cm³/mol. The fraction of sp³-hybridized carbons (Fsp3) is 0.200. The molecule has 0 aromatic heterocycles. The van der Waals surface area contributed by atoms with Gasteiger partial charge in [-0.15, -0.1) is 11.8 Å². The van der Waals surface area contributed by atoms with Crippen molar-refractivity contribution in [1.29, 1.82) is 0 Å². The highest BCUT2D eigenvalue weighted by Crippen LogP contribution is 2.19. The molecule has 1 aromatic carbocycles. The maximum absolute atomic E-state index is 11.2. The third-order valence-electron chi connectivity index (χ3n) is 1.71. The predicted octanol–water partition coefficient (Wildman–Crippen LogP) is 2.31. The van der Waals surface area contributed by atoms with Crippen molar-refractivity contribution in [2.45, 2.75) is 0 Å². The molecule has 2 nitrogen and oxygen atoms in total. The van der Waals surface area contributed by atoms with Gasteiger partial charge in [-0.1, -0.05) is 12.1 Å². The molecule has 1 unspecified atom stereocenters. The van der Waals surface area contributed by atoms with E-state index in [1.807, 2.05) is 36.6 Å². The minimum Gasteiger partial charge on any atom is -0.399 e. The molecule has 0 fully saturated rings. The zero-order chi connectivity index (χ0) is 10.6. The Kier molecular flexibility index (Phi) is 4.22. The van der Waals surface area contributed by atoms with E-state index in [9.17, 15) is 4.21 Å². The lowest BCUT2D eigenvalue weighted by molar-refractivity contribution is 0.691. The fourth-order valence-corrected chi connectivity index (χ4v) is 2.48. The van der Waals surface area contributed by atoms with Crippen molar-refractivity contribution in [2.75, 3.05) is 18.2 Å². The average Bonchev–Trinajstić information content (AvgIpc) is 2.16. The molecule has 0 bridgehead atoms. The Labute approximate surface area is 91.0 Å². The molecule has 0 aliphatic carbocycles. The number of nitrogens with two attached hydrogens (primary N) is 1. The monoisotopic (exact) mass is 227 g/mol. The van der Waals surface area contributed by atoms with Crippen LogP contribution in [0.5, 0.6) is 0 Å². The van der Waals surface area contributed by atoms with E-state index < -0.39 is 10.8 Å². The molecule has 0 aliphatic rings. The maximum atomic E-state index is 11.2. The Morgan fingerprint density at radius 2 is 2.00 bits per heavy atom. The Morgan fingerprint density at radius 1 is 1.43 bits per heavy atom. The first-order chi connectivity index (χ1) is 6.63. The van der Waals surface area contributed by atoms with E-state index in [4.69, 9.17) is 5.73 Å². The van der Waals surface area contributed by atoms with Crippen LogP contribution in [0, 0.1) is 0 Å². The molecule has 14 heavy (non-hydrogen) atoms. The molecule has 76 valence electrons. The summed E-state index contributed by atoms with van der Waals surface area (Å²) < 4.78 is 12.1. The van der Waals surface area contributed by atoms with Gasteiger partial charge in [-0.25, -0.2) is 0 Å². The van der Waals surface area contributed by atoms with Crippen LogP contribution in [0.15, 0.2) is 28.5 Å². The SMILES string of the molecule is CS/C(=C\c1ccc(N)cc1)S(C)=O. The van der Waals surface area contributed by atoms with Gasteiger partial charge in [0.1, 0.15) is 0 Å². The highest BCUT2D eigenvalue weighted by Gasteiger charge is 1.99. The quantitative estimate of drug-likeness (QED) is 0.806. The van der Waals surface area contributed by atoms with E-state index in [-0.39, 0.29) is 0 Å². The molecule has 1 rings (SSSR count). The number of hydrogen-bond acceptors (Lipinski definition) is 3. The summed E-state index contributed by atoms with van der Waals surface area (Å²) in [6.45, 7) is 0. The molecule has 0 amide bonds. The van der Waals surface area contributed by atoms with Gasteiger partial charge >= 0.3 is 0 Å². The number of nitrogen functional groups attached to an aromatic ring is 1. The van der Waals surface area contributed by atoms with Crippen LogP contribution in [-0.2, 0) is 10.8 Å². The van der Waals surface area contributed by atoms with Crippen molar-refractivity contribution >= 4 is 34.3 Å². The van der Waals surface area contributed by atoms with Crippen LogP contribution in [0.25, 0.3) is 6.08 Å². The average molecular weight is 227 g/mol. The topological polar surface area (TPSA) is 43.1 Å². The van der Waals surface area contributed by atoms with E-state index in [1.54, 1.807) is 6.26 Å². The van der Waals surface area contributed by atoms with Crippen molar-refractivity contribution in [2.24, 2.45) is 0 Å². The molecule has 0 radical (unpaired) electrons. The summed E-state index contributed by atoms with van der Waals surface area (Å²) in [4.78, 5) is 0. The Morgan fingerprint density at radius 3 is 2.43 bits per heavy atom. The number of thioether (sulfide) groups is 1. The summed E-state index contributed by atoms with van der Waals surface area (Å²) in [6, 6.07) is 7.50. The van der Waals surface area contributed by atoms with E-state index in [0.717, 1.165) is 15.5 Å². The molecule has 1 aromatic rings. The lowest BCUT2D eigenvalue weighted by atomic mass is 10.2. The van der Waals surface area contributed by atoms with Crippen LogP contribution in [-0.4, -0.2) is 16.7 Å². The van der Waals surface area contributed by atoms with Gasteiger partial charge in [0.25, 0.3) is 0 Å². The zero-order valence-corrected chi connectivity index (χ0v) is 9.82. The molecule has 2 N–H and O–H groups in total. The highest BCUT2D eigenvalue weighted by molar-refractivity contribution is 8.16. The summed E-state index contributed by atoms with van der Waals surface area (Å²) in [5.74, 6) is 0. The Balaban J connectivity index is 2.95. The zero-order valence-electron chi connectivity index (χ0n) is 8.19. The van der Waals surface area contributed by atoms with Crippen molar-refractivity contribution in [3.05, 3.63) is 34.1 Å². The van der Waals surface area contributed by atoms with Crippen LogP contribution in [0.4, 0.5) is 5.69 Å². The largest absolute Gasteiger partial charge is 0.399 e. The van der Waals surface area contributed by atoms with Gasteiger partial charge in [-0.3, -0.25) is 4.21 Å². The Bertz CT molecular complexity index is 357. The minimum absolute atomic E-state index is 0.741. The fourth-order valence-electron chi connectivity index (χ4n) is 0.988. The van der Waals surface area contributed by atoms with Crippen LogP contribution >= 0.6 is 11.8 Å². The first-order valence-electron chi connectivity index (χ1n) is 4.08. The van der Waals surface area contributed by atoms with Crippen LogP contribution < -0.4 is 5.73 Å². The van der Waals surface area contributed by atoms with Gasteiger partial charge in [-0.05, 0) is 30.0 Å². The van der Waals surface area contributed by atoms with Crippen molar-refractivity contribution < 1.29 is 4.21 Å². The van der Waals surface area contributed by atoms with Crippen LogP contribution in [0.2, 0.25) is 0 Å². The van der Waals surface area contributed by atoms with E-state index in [1.165, 1.54) is 11.8 Å². The van der Waals surface area contributed by atoms with E-state index in [0.29, 0.717) is 0 Å². The first kappa shape index (κ1) is 11.3. The smallest absolute Gasteiger partial charge is 0.0716 e. The van der Waals surface area contributed by atoms with Crippen LogP contribution in [0.1, 0.15) is 5.56 Å². The molecule has 0 saturated carbocycles. The van der Waals surface area contributed by atoms with Gasteiger partial charge in [0.15, 0.2) is 0 Å². The normalized spacial score (nSPS) is 14.0. The second-order valence-corrected chi connectivity index (χ2v) is 5.24. The second kappa shape index (κ2) is 5.22. The number of hydrogen-bond donors (Lipinski definition) is 1. The van der Waals surface area contributed by atoms with Crippen molar-refractivity contribution in [3.63, 3.8) is 0 Å². The van der Waals surface area contributed by atoms with Gasteiger partial charge in [0.2, 0.25) is 0 Å². The van der Waals surface area contributed by atoms with Gasteiger partial charge < -0.3 is 5.73 Å². The van der Waals surface area contributed by atoms with Crippen LogP contribution in [0.3, 0.4) is 0 Å². The molecule has 0 aliphatic heterocycles. The van der Waals surface area contributed by atoms with Gasteiger partial charge in [-0.2, -0.15) is 0 Å². The molecule has 1 atom stereocenters. The number of rotatable bonds is 3.